The van der Waals surface area contributed by atoms with Crippen LogP contribution in [0.2, 0.25) is 0 Å². The highest BCUT2D eigenvalue weighted by Gasteiger charge is 2.02. The van der Waals surface area contributed by atoms with Gasteiger partial charge >= 0.3 is 0 Å². The van der Waals surface area contributed by atoms with E-state index in [0.717, 1.165) is 0 Å². The summed E-state index contributed by atoms with van der Waals surface area (Å²) in [6, 6.07) is 0. The number of thiol groups is 1. The number of aliphatic hydroxyl groups is 2. The fourth-order valence-corrected chi connectivity index (χ4v) is 0. The first kappa shape index (κ1) is 5.70. The molecule has 0 aliphatic rings. The van der Waals surface area contributed by atoms with Crippen LogP contribution in [0.25, 0.3) is 0 Å². The Bertz CT molecular complexity index is 25.1. The second kappa shape index (κ2) is 1.43. The fraction of sp³-hybridized carbons (Fsp3) is 1.00. The van der Waals surface area contributed by atoms with Gasteiger partial charge in [-0.15, -0.1) is 12.6 Å². The smallest absolute Gasteiger partial charge is 0.222 e. The molecule has 0 rings (SSSR count). The van der Waals surface area contributed by atoms with E-state index in [4.69, 9.17) is 10.2 Å². The van der Waals surface area contributed by atoms with Crippen LogP contribution in [-0.2, 0) is 0 Å². The van der Waals surface area contributed by atoms with Gasteiger partial charge < -0.3 is 10.2 Å². The standard InChI is InChI=1S/CH5O2PS/c2-1(3,4)5/h2-3,5H,4H2. The molecule has 0 aromatic rings. The molecule has 0 spiro atoms. The molecule has 0 saturated carbocycles. The molecule has 4 heteroatoms. The van der Waals surface area contributed by atoms with Crippen molar-refractivity contribution in [1.82, 2.24) is 0 Å². The van der Waals surface area contributed by atoms with E-state index < -0.39 is 4.86 Å². The normalized spacial score (nSPS) is 12.0. The van der Waals surface area contributed by atoms with E-state index in [-0.39, 0.29) is 0 Å². The quantitative estimate of drug-likeness (QED) is 0.222. The third kappa shape index (κ3) is 69.9. The third-order valence-electron chi connectivity index (χ3n) is 0. The SMILES string of the molecule is OC(O)(P)S. The molecule has 0 saturated heterocycles. The van der Waals surface area contributed by atoms with Crippen molar-refractivity contribution in [1.29, 1.82) is 0 Å². The summed E-state index contributed by atoms with van der Waals surface area (Å²) in [5, 5.41) is 15.8. The van der Waals surface area contributed by atoms with Crippen molar-refractivity contribution in [2.45, 2.75) is 4.86 Å². The van der Waals surface area contributed by atoms with E-state index in [2.05, 4.69) is 12.6 Å². The minimum atomic E-state index is -1.89. The van der Waals surface area contributed by atoms with Gasteiger partial charge in [0, 0.05) is 0 Å². The van der Waals surface area contributed by atoms with E-state index in [1.807, 2.05) is 0 Å². The molecule has 0 aliphatic carbocycles. The molecule has 1 unspecified atom stereocenters. The molecule has 2 nitrogen and oxygen atoms in total. The summed E-state index contributed by atoms with van der Waals surface area (Å²) in [6.07, 6.45) is 0. The average Bonchev–Trinajstić information content (AvgIpc) is 0.722. The van der Waals surface area contributed by atoms with Crippen molar-refractivity contribution < 1.29 is 10.2 Å². The molecular formula is CH5O2PS. The maximum Gasteiger partial charge on any atom is 0.222 e. The third-order valence-corrected chi connectivity index (χ3v) is 0. The van der Waals surface area contributed by atoms with Gasteiger partial charge in [0.15, 0.2) is 0 Å². The Morgan fingerprint density at radius 3 is 1.60 bits per heavy atom. The zero-order valence-electron chi connectivity index (χ0n) is 2.42. The van der Waals surface area contributed by atoms with Crippen LogP contribution in [0.1, 0.15) is 0 Å². The van der Waals surface area contributed by atoms with E-state index in [0.29, 0.717) is 0 Å². The molecule has 0 amide bonds. The Hall–Kier alpha value is 0.700. The molecule has 0 aromatic heterocycles. The highest BCUT2D eigenvalue weighted by atomic mass is 32.1. The predicted molar refractivity (Wildman–Crippen MR) is 25.9 cm³/mol. The zero-order chi connectivity index (χ0) is 4.50. The van der Waals surface area contributed by atoms with Crippen molar-refractivity contribution in [2.75, 3.05) is 0 Å². The summed E-state index contributed by atoms with van der Waals surface area (Å²) in [5.41, 5.74) is 0. The zero-order valence-corrected chi connectivity index (χ0v) is 4.47. The molecule has 0 fully saturated rings. The Morgan fingerprint density at radius 2 is 1.60 bits per heavy atom. The van der Waals surface area contributed by atoms with E-state index in [1.54, 1.807) is 9.24 Å². The number of hydrogen-bond acceptors (Lipinski definition) is 3. The van der Waals surface area contributed by atoms with Gasteiger partial charge in [-0.2, -0.15) is 0 Å². The fourth-order valence-electron chi connectivity index (χ4n) is 0. The molecule has 0 aliphatic heterocycles. The Balaban J connectivity index is 3.02. The molecule has 5 heavy (non-hydrogen) atoms. The lowest BCUT2D eigenvalue weighted by atomic mass is 11.5. The molecule has 0 aromatic carbocycles. The van der Waals surface area contributed by atoms with Gasteiger partial charge in [-0.25, -0.2) is 0 Å². The van der Waals surface area contributed by atoms with Crippen LogP contribution in [0.3, 0.4) is 0 Å². The van der Waals surface area contributed by atoms with Crippen LogP contribution < -0.4 is 0 Å². The van der Waals surface area contributed by atoms with Crippen LogP contribution in [0, 0.1) is 0 Å². The van der Waals surface area contributed by atoms with Crippen molar-refractivity contribution in [3.8, 4) is 0 Å². The van der Waals surface area contributed by atoms with Crippen LogP contribution in [0.4, 0.5) is 0 Å². The Kier molecular flexibility index (Phi) is 1.63. The van der Waals surface area contributed by atoms with Crippen molar-refractivity contribution >= 4 is 21.9 Å². The molecule has 1 atom stereocenters. The first-order valence-electron chi connectivity index (χ1n) is 0.959. The highest BCUT2D eigenvalue weighted by Crippen LogP contribution is 2.11. The predicted octanol–water partition coefficient (Wildman–Crippen LogP) is -0.613. The van der Waals surface area contributed by atoms with Crippen LogP contribution in [0.15, 0.2) is 0 Å². The molecule has 32 valence electrons. The topological polar surface area (TPSA) is 40.5 Å². The minimum Gasteiger partial charge on any atom is -0.355 e. The maximum absolute atomic E-state index is 7.90. The average molecular weight is 112 g/mol. The second-order valence-corrected chi connectivity index (χ2v) is 2.64. The Morgan fingerprint density at radius 1 is 1.60 bits per heavy atom. The summed E-state index contributed by atoms with van der Waals surface area (Å²) in [4.78, 5) is -1.89. The molecular weight excluding hydrogens is 107 g/mol. The van der Waals surface area contributed by atoms with Gasteiger partial charge in [0.2, 0.25) is 4.86 Å². The van der Waals surface area contributed by atoms with Gasteiger partial charge in [-0.05, 0) is 0 Å². The molecule has 0 bridgehead atoms. The summed E-state index contributed by atoms with van der Waals surface area (Å²) in [5.74, 6) is 0. The molecule has 0 heterocycles. The number of hydrogen-bond donors (Lipinski definition) is 3. The molecule has 2 N–H and O–H groups in total. The van der Waals surface area contributed by atoms with Crippen LogP contribution in [0.5, 0.6) is 0 Å². The van der Waals surface area contributed by atoms with Gasteiger partial charge in [-0.3, -0.25) is 0 Å². The van der Waals surface area contributed by atoms with Gasteiger partial charge in [-0.1, -0.05) is 9.24 Å². The van der Waals surface area contributed by atoms with Crippen molar-refractivity contribution in [3.63, 3.8) is 0 Å². The number of rotatable bonds is 0. The summed E-state index contributed by atoms with van der Waals surface area (Å²) < 4.78 is 0. The lowest BCUT2D eigenvalue weighted by molar-refractivity contribution is 0.00782. The lowest BCUT2D eigenvalue weighted by Crippen LogP contribution is -2.05. The minimum absolute atomic E-state index is 1.69. The van der Waals surface area contributed by atoms with Gasteiger partial charge in [0.05, 0.1) is 0 Å². The first-order chi connectivity index (χ1) is 2.00. The summed E-state index contributed by atoms with van der Waals surface area (Å²) >= 11 is 3.20. The van der Waals surface area contributed by atoms with Crippen molar-refractivity contribution in [3.05, 3.63) is 0 Å². The lowest BCUT2D eigenvalue weighted by Gasteiger charge is -2.02. The summed E-state index contributed by atoms with van der Waals surface area (Å²) in [7, 11) is 1.69. The van der Waals surface area contributed by atoms with Gasteiger partial charge in [0.25, 0.3) is 0 Å². The second-order valence-electron chi connectivity index (χ2n) is 0.687. The Labute approximate surface area is 37.8 Å². The van der Waals surface area contributed by atoms with Crippen LogP contribution >= 0.6 is 21.9 Å². The van der Waals surface area contributed by atoms with E-state index in [1.165, 1.54) is 0 Å². The monoisotopic (exact) mass is 112 g/mol. The van der Waals surface area contributed by atoms with Crippen LogP contribution in [-0.4, -0.2) is 15.1 Å². The largest absolute Gasteiger partial charge is 0.355 e. The van der Waals surface area contributed by atoms with E-state index >= 15 is 0 Å². The van der Waals surface area contributed by atoms with Gasteiger partial charge in [0.1, 0.15) is 0 Å². The summed E-state index contributed by atoms with van der Waals surface area (Å²) in [6.45, 7) is 0. The molecule has 0 radical (unpaired) electrons. The highest BCUT2D eigenvalue weighted by molar-refractivity contribution is 7.86. The maximum atomic E-state index is 7.90. The van der Waals surface area contributed by atoms with E-state index in [9.17, 15) is 0 Å². The van der Waals surface area contributed by atoms with Crippen molar-refractivity contribution in [2.24, 2.45) is 0 Å². The first-order valence-corrected chi connectivity index (χ1v) is 1.98.